The molecule has 2 aromatic heterocycles. The van der Waals surface area contributed by atoms with Gasteiger partial charge in [-0.05, 0) is 28.3 Å². The van der Waals surface area contributed by atoms with Crippen molar-refractivity contribution in [3.8, 4) is 5.82 Å². The van der Waals surface area contributed by atoms with E-state index in [1.807, 2.05) is 0 Å². The third kappa shape index (κ3) is 2.46. The fourth-order valence-electron chi connectivity index (χ4n) is 1.58. The van der Waals surface area contributed by atoms with Gasteiger partial charge >= 0.3 is 0 Å². The van der Waals surface area contributed by atoms with Crippen molar-refractivity contribution in [1.82, 2.24) is 19.7 Å². The van der Waals surface area contributed by atoms with Gasteiger partial charge in [-0.2, -0.15) is 0 Å². The van der Waals surface area contributed by atoms with Crippen molar-refractivity contribution < 1.29 is 0 Å². The molecule has 0 aromatic carbocycles. The first-order chi connectivity index (χ1) is 8.09. The highest BCUT2D eigenvalue weighted by Gasteiger charge is 2.14. The van der Waals surface area contributed by atoms with Gasteiger partial charge in [-0.15, -0.1) is 0 Å². The molecule has 0 bridgehead atoms. The van der Waals surface area contributed by atoms with Crippen molar-refractivity contribution in [2.45, 2.75) is 20.3 Å². The van der Waals surface area contributed by atoms with Gasteiger partial charge in [0, 0.05) is 12.3 Å². The standard InChI is InChI=1S/C11H13BrN4O/c1-7(2)5-8-10(12)11(17)16(15-8)9-3-4-13-6-14-9/h3-4,6-7,15H,5H2,1-2H3. The van der Waals surface area contributed by atoms with E-state index in [0.717, 1.165) is 12.1 Å². The Morgan fingerprint density at radius 3 is 2.88 bits per heavy atom. The number of hydrogen-bond acceptors (Lipinski definition) is 3. The second-order valence-corrected chi connectivity index (χ2v) is 5.00. The molecule has 5 nitrogen and oxygen atoms in total. The third-order valence-electron chi connectivity index (χ3n) is 2.31. The Morgan fingerprint density at radius 1 is 1.53 bits per heavy atom. The van der Waals surface area contributed by atoms with E-state index in [0.29, 0.717) is 16.2 Å². The molecule has 17 heavy (non-hydrogen) atoms. The molecule has 0 saturated carbocycles. The first kappa shape index (κ1) is 12.0. The van der Waals surface area contributed by atoms with E-state index < -0.39 is 0 Å². The maximum Gasteiger partial charge on any atom is 0.287 e. The lowest BCUT2D eigenvalue weighted by Gasteiger charge is -2.02. The summed E-state index contributed by atoms with van der Waals surface area (Å²) in [7, 11) is 0. The summed E-state index contributed by atoms with van der Waals surface area (Å²) < 4.78 is 1.99. The molecule has 1 N–H and O–H groups in total. The van der Waals surface area contributed by atoms with E-state index in [4.69, 9.17) is 0 Å². The Kier molecular flexibility index (Phi) is 3.42. The second kappa shape index (κ2) is 4.83. The van der Waals surface area contributed by atoms with E-state index in [9.17, 15) is 4.79 Å². The van der Waals surface area contributed by atoms with E-state index in [1.54, 1.807) is 12.3 Å². The summed E-state index contributed by atoms with van der Waals surface area (Å²) in [5, 5.41) is 3.06. The minimum Gasteiger partial charge on any atom is -0.292 e. The normalized spacial score (nSPS) is 11.1. The first-order valence-electron chi connectivity index (χ1n) is 5.35. The van der Waals surface area contributed by atoms with Crippen LogP contribution in [0.2, 0.25) is 0 Å². The lowest BCUT2D eigenvalue weighted by molar-refractivity contribution is 0.625. The molecular weight excluding hydrogens is 284 g/mol. The van der Waals surface area contributed by atoms with E-state index in [1.165, 1.54) is 11.0 Å². The quantitative estimate of drug-likeness (QED) is 0.941. The smallest absolute Gasteiger partial charge is 0.287 e. The van der Waals surface area contributed by atoms with Gasteiger partial charge in [-0.1, -0.05) is 13.8 Å². The molecule has 2 heterocycles. The van der Waals surface area contributed by atoms with Crippen molar-refractivity contribution in [2.75, 3.05) is 0 Å². The number of halogens is 1. The molecular formula is C11H13BrN4O. The van der Waals surface area contributed by atoms with E-state index in [2.05, 4.69) is 44.8 Å². The summed E-state index contributed by atoms with van der Waals surface area (Å²) in [4.78, 5) is 19.9. The number of hydrogen-bond donors (Lipinski definition) is 1. The van der Waals surface area contributed by atoms with Gasteiger partial charge in [0.2, 0.25) is 0 Å². The fourth-order valence-corrected chi connectivity index (χ4v) is 2.01. The average molecular weight is 297 g/mol. The van der Waals surface area contributed by atoms with Crippen molar-refractivity contribution in [3.63, 3.8) is 0 Å². The predicted molar refractivity (Wildman–Crippen MR) is 68.2 cm³/mol. The number of aromatic nitrogens is 4. The SMILES string of the molecule is CC(C)Cc1[nH]n(-c2ccncn2)c(=O)c1Br. The zero-order valence-corrected chi connectivity index (χ0v) is 11.2. The predicted octanol–water partition coefficient (Wildman–Crippen LogP) is 1.92. The summed E-state index contributed by atoms with van der Waals surface area (Å²) in [6.45, 7) is 4.21. The molecule has 0 aliphatic carbocycles. The van der Waals surface area contributed by atoms with Crippen LogP contribution in [0.25, 0.3) is 5.82 Å². The number of nitrogens with zero attached hydrogens (tertiary/aromatic N) is 3. The van der Waals surface area contributed by atoms with Crippen LogP contribution in [0.4, 0.5) is 0 Å². The van der Waals surface area contributed by atoms with Crippen LogP contribution in [0.1, 0.15) is 19.5 Å². The molecule has 0 unspecified atom stereocenters. The molecule has 90 valence electrons. The lowest BCUT2D eigenvalue weighted by Crippen LogP contribution is -2.15. The average Bonchev–Trinajstić information content (AvgIpc) is 2.58. The summed E-state index contributed by atoms with van der Waals surface area (Å²) in [5.74, 6) is 1.02. The van der Waals surface area contributed by atoms with Crippen molar-refractivity contribution >= 4 is 15.9 Å². The highest BCUT2D eigenvalue weighted by atomic mass is 79.9. The van der Waals surface area contributed by atoms with Crippen LogP contribution in [0, 0.1) is 5.92 Å². The van der Waals surface area contributed by atoms with Crippen LogP contribution >= 0.6 is 15.9 Å². The highest BCUT2D eigenvalue weighted by Crippen LogP contribution is 2.15. The Labute approximate surface area is 107 Å². The van der Waals surface area contributed by atoms with Gasteiger partial charge in [-0.25, -0.2) is 14.6 Å². The summed E-state index contributed by atoms with van der Waals surface area (Å²) >= 11 is 3.32. The number of nitrogens with one attached hydrogen (secondary N) is 1. The van der Waals surface area contributed by atoms with Gasteiger partial charge in [0.15, 0.2) is 5.82 Å². The van der Waals surface area contributed by atoms with Crippen LogP contribution in [0.5, 0.6) is 0 Å². The Morgan fingerprint density at radius 2 is 2.29 bits per heavy atom. The summed E-state index contributed by atoms with van der Waals surface area (Å²) in [6.07, 6.45) is 3.83. The van der Waals surface area contributed by atoms with Crippen LogP contribution < -0.4 is 5.56 Å². The van der Waals surface area contributed by atoms with E-state index in [-0.39, 0.29) is 5.56 Å². The summed E-state index contributed by atoms with van der Waals surface area (Å²) in [6, 6.07) is 1.68. The Balaban J connectivity index is 2.47. The lowest BCUT2D eigenvalue weighted by atomic mass is 10.1. The molecule has 2 aromatic rings. The maximum absolute atomic E-state index is 12.0. The number of H-pyrrole nitrogens is 1. The Hall–Kier alpha value is -1.43. The minimum atomic E-state index is -0.126. The monoisotopic (exact) mass is 296 g/mol. The molecule has 0 radical (unpaired) electrons. The molecule has 6 heteroatoms. The van der Waals surface area contributed by atoms with Crippen LogP contribution in [-0.2, 0) is 6.42 Å². The van der Waals surface area contributed by atoms with Gasteiger partial charge in [-0.3, -0.25) is 9.89 Å². The molecule has 0 atom stereocenters. The molecule has 2 rings (SSSR count). The van der Waals surface area contributed by atoms with Crippen molar-refractivity contribution in [2.24, 2.45) is 5.92 Å². The zero-order chi connectivity index (χ0) is 12.4. The number of aromatic amines is 1. The topological polar surface area (TPSA) is 63.6 Å². The molecule has 0 spiro atoms. The van der Waals surface area contributed by atoms with Gasteiger partial charge in [0.05, 0.1) is 5.69 Å². The third-order valence-corrected chi connectivity index (χ3v) is 3.13. The zero-order valence-electron chi connectivity index (χ0n) is 9.64. The minimum absolute atomic E-state index is 0.126. The van der Waals surface area contributed by atoms with Crippen molar-refractivity contribution in [1.29, 1.82) is 0 Å². The molecule has 0 fully saturated rings. The molecule has 0 aliphatic rings. The highest BCUT2D eigenvalue weighted by molar-refractivity contribution is 9.10. The van der Waals surface area contributed by atoms with Crippen LogP contribution in [-0.4, -0.2) is 19.7 Å². The fraction of sp³-hybridized carbons (Fsp3) is 0.364. The maximum atomic E-state index is 12.0. The molecule has 0 saturated heterocycles. The summed E-state index contributed by atoms with van der Waals surface area (Å²) in [5.41, 5.74) is 0.767. The largest absolute Gasteiger partial charge is 0.292 e. The molecule has 0 aliphatic heterocycles. The van der Waals surface area contributed by atoms with E-state index >= 15 is 0 Å². The van der Waals surface area contributed by atoms with Gasteiger partial charge < -0.3 is 0 Å². The van der Waals surface area contributed by atoms with Crippen LogP contribution in [0.15, 0.2) is 27.9 Å². The van der Waals surface area contributed by atoms with Crippen molar-refractivity contribution in [3.05, 3.63) is 39.1 Å². The number of rotatable bonds is 3. The molecule has 0 amide bonds. The van der Waals surface area contributed by atoms with Crippen LogP contribution in [0.3, 0.4) is 0 Å². The first-order valence-corrected chi connectivity index (χ1v) is 6.14. The van der Waals surface area contributed by atoms with Gasteiger partial charge in [0.25, 0.3) is 5.56 Å². The Bertz CT molecular complexity index is 559. The second-order valence-electron chi connectivity index (χ2n) is 4.21. The van der Waals surface area contributed by atoms with Gasteiger partial charge in [0.1, 0.15) is 10.8 Å².